The number of piperazine rings is 1. The van der Waals surface area contributed by atoms with E-state index in [0.29, 0.717) is 24.5 Å². The summed E-state index contributed by atoms with van der Waals surface area (Å²) in [5, 5.41) is 2.70. The summed E-state index contributed by atoms with van der Waals surface area (Å²) in [6.45, 7) is 4.07. The number of para-hydroxylation sites is 4. The number of hydrogen-bond donors (Lipinski definition) is 1. The molecule has 2 amide bonds. The van der Waals surface area contributed by atoms with Crippen LogP contribution < -0.4 is 19.7 Å². The summed E-state index contributed by atoms with van der Waals surface area (Å²) in [4.78, 5) is 27.8. The number of benzene rings is 2. The average Bonchev–Trinajstić information content (AvgIpc) is 2.72. The van der Waals surface area contributed by atoms with Gasteiger partial charge < -0.3 is 24.6 Å². The van der Waals surface area contributed by atoms with Gasteiger partial charge in [0.1, 0.15) is 11.5 Å². The van der Waals surface area contributed by atoms with Crippen molar-refractivity contribution < 1.29 is 19.1 Å². The van der Waals surface area contributed by atoms with Gasteiger partial charge in [-0.25, -0.2) is 0 Å². The van der Waals surface area contributed by atoms with Crippen LogP contribution in [0.15, 0.2) is 48.5 Å². The Hall–Kier alpha value is -3.22. The van der Waals surface area contributed by atoms with Crippen LogP contribution >= 0.6 is 0 Å². The smallest absolute Gasteiger partial charge is 0.260 e. The van der Waals surface area contributed by atoms with E-state index in [9.17, 15) is 9.59 Å². The molecule has 0 saturated carbocycles. The Morgan fingerprint density at radius 1 is 0.964 bits per heavy atom. The molecule has 0 bridgehead atoms. The number of hydrogen-bond acceptors (Lipinski definition) is 5. The van der Waals surface area contributed by atoms with Crippen molar-refractivity contribution in [2.24, 2.45) is 0 Å². The SMILES string of the molecule is COc1ccccc1N1CCN(C(=O)COc2ccccc2NC(C)=O)CC1. The van der Waals surface area contributed by atoms with Crippen molar-refractivity contribution in [3.05, 3.63) is 48.5 Å². The molecule has 0 unspecified atom stereocenters. The highest BCUT2D eigenvalue weighted by molar-refractivity contribution is 5.90. The Bertz CT molecular complexity index is 832. The van der Waals surface area contributed by atoms with Crippen molar-refractivity contribution in [2.75, 3.05) is 50.1 Å². The molecule has 148 valence electrons. The molecule has 0 aromatic heterocycles. The number of ether oxygens (including phenoxy) is 2. The quantitative estimate of drug-likeness (QED) is 0.829. The van der Waals surface area contributed by atoms with Gasteiger partial charge in [-0.05, 0) is 24.3 Å². The fourth-order valence-electron chi connectivity index (χ4n) is 3.20. The monoisotopic (exact) mass is 383 g/mol. The number of carbonyl (C=O) groups excluding carboxylic acids is 2. The maximum Gasteiger partial charge on any atom is 0.260 e. The first-order valence-electron chi connectivity index (χ1n) is 9.23. The van der Waals surface area contributed by atoms with Crippen LogP contribution in [0.3, 0.4) is 0 Å². The molecule has 1 N–H and O–H groups in total. The number of amides is 2. The molecule has 1 aliphatic heterocycles. The van der Waals surface area contributed by atoms with Crippen molar-refractivity contribution in [1.29, 1.82) is 0 Å². The third-order valence-electron chi connectivity index (χ3n) is 4.61. The van der Waals surface area contributed by atoms with Gasteiger partial charge in [0.25, 0.3) is 5.91 Å². The maximum absolute atomic E-state index is 12.5. The van der Waals surface area contributed by atoms with E-state index in [0.717, 1.165) is 24.5 Å². The highest BCUT2D eigenvalue weighted by Crippen LogP contribution is 2.28. The number of anilines is 2. The minimum absolute atomic E-state index is 0.0642. The number of nitrogens with zero attached hydrogens (tertiary/aromatic N) is 2. The van der Waals surface area contributed by atoms with Crippen LogP contribution in [-0.2, 0) is 9.59 Å². The number of rotatable bonds is 6. The van der Waals surface area contributed by atoms with E-state index < -0.39 is 0 Å². The van der Waals surface area contributed by atoms with Gasteiger partial charge in [-0.15, -0.1) is 0 Å². The summed E-state index contributed by atoms with van der Waals surface area (Å²) >= 11 is 0. The Labute approximate surface area is 164 Å². The molecule has 1 aliphatic rings. The molecular weight excluding hydrogens is 358 g/mol. The Kier molecular flexibility index (Phi) is 6.37. The van der Waals surface area contributed by atoms with Crippen LogP contribution in [0.5, 0.6) is 11.5 Å². The lowest BCUT2D eigenvalue weighted by Crippen LogP contribution is -2.50. The van der Waals surface area contributed by atoms with Crippen LogP contribution in [0.2, 0.25) is 0 Å². The fraction of sp³-hybridized carbons (Fsp3) is 0.333. The third kappa shape index (κ3) is 4.73. The summed E-state index contributed by atoms with van der Waals surface area (Å²) in [7, 11) is 1.66. The van der Waals surface area contributed by atoms with Crippen LogP contribution in [0.25, 0.3) is 0 Å². The molecule has 1 heterocycles. The molecule has 3 rings (SSSR count). The second-order valence-corrected chi connectivity index (χ2v) is 6.51. The van der Waals surface area contributed by atoms with Crippen molar-refractivity contribution in [2.45, 2.75) is 6.92 Å². The van der Waals surface area contributed by atoms with Gasteiger partial charge in [0, 0.05) is 33.1 Å². The lowest BCUT2D eigenvalue weighted by Gasteiger charge is -2.36. The molecule has 1 saturated heterocycles. The van der Waals surface area contributed by atoms with Gasteiger partial charge in [0.15, 0.2) is 6.61 Å². The third-order valence-corrected chi connectivity index (χ3v) is 4.61. The summed E-state index contributed by atoms with van der Waals surface area (Å²) in [6, 6.07) is 15.0. The average molecular weight is 383 g/mol. The van der Waals surface area contributed by atoms with Crippen LogP contribution in [0.1, 0.15) is 6.92 Å². The molecule has 7 nitrogen and oxygen atoms in total. The van der Waals surface area contributed by atoms with Gasteiger partial charge in [-0.3, -0.25) is 9.59 Å². The van der Waals surface area contributed by atoms with Crippen LogP contribution in [0.4, 0.5) is 11.4 Å². The minimum Gasteiger partial charge on any atom is -0.495 e. The second-order valence-electron chi connectivity index (χ2n) is 6.51. The van der Waals surface area contributed by atoms with Gasteiger partial charge >= 0.3 is 0 Å². The van der Waals surface area contributed by atoms with E-state index in [4.69, 9.17) is 9.47 Å². The zero-order chi connectivity index (χ0) is 19.9. The van der Waals surface area contributed by atoms with E-state index in [-0.39, 0.29) is 18.4 Å². The van der Waals surface area contributed by atoms with Gasteiger partial charge in [-0.1, -0.05) is 24.3 Å². The Morgan fingerprint density at radius 3 is 2.29 bits per heavy atom. The van der Waals surface area contributed by atoms with E-state index in [2.05, 4.69) is 10.2 Å². The molecule has 0 aliphatic carbocycles. The van der Waals surface area contributed by atoms with E-state index >= 15 is 0 Å². The Balaban J connectivity index is 1.54. The zero-order valence-electron chi connectivity index (χ0n) is 16.2. The maximum atomic E-state index is 12.5. The lowest BCUT2D eigenvalue weighted by atomic mass is 10.2. The van der Waals surface area contributed by atoms with Crippen molar-refractivity contribution >= 4 is 23.2 Å². The lowest BCUT2D eigenvalue weighted by molar-refractivity contribution is -0.133. The predicted octanol–water partition coefficient (Wildman–Crippen LogP) is 2.38. The zero-order valence-corrected chi connectivity index (χ0v) is 16.2. The first-order valence-corrected chi connectivity index (χ1v) is 9.23. The molecule has 28 heavy (non-hydrogen) atoms. The topological polar surface area (TPSA) is 71.1 Å². The van der Waals surface area contributed by atoms with Crippen LogP contribution in [-0.4, -0.2) is 56.6 Å². The fourth-order valence-corrected chi connectivity index (χ4v) is 3.20. The summed E-state index contributed by atoms with van der Waals surface area (Å²) < 4.78 is 11.1. The number of methoxy groups -OCH3 is 1. The molecule has 2 aromatic rings. The molecule has 2 aromatic carbocycles. The molecule has 0 spiro atoms. The highest BCUT2D eigenvalue weighted by atomic mass is 16.5. The second kappa shape index (κ2) is 9.12. The van der Waals surface area contributed by atoms with E-state index in [1.54, 1.807) is 36.3 Å². The number of carbonyl (C=O) groups is 2. The summed E-state index contributed by atoms with van der Waals surface area (Å²) in [6.07, 6.45) is 0. The normalized spacial score (nSPS) is 13.8. The molecular formula is C21H25N3O4. The van der Waals surface area contributed by atoms with Gasteiger partial charge in [0.05, 0.1) is 18.5 Å². The van der Waals surface area contributed by atoms with Crippen molar-refractivity contribution in [3.8, 4) is 11.5 Å². The van der Waals surface area contributed by atoms with Crippen molar-refractivity contribution in [1.82, 2.24) is 4.90 Å². The minimum atomic E-state index is -0.185. The molecule has 7 heteroatoms. The first kappa shape index (κ1) is 19.5. The molecule has 0 atom stereocenters. The largest absolute Gasteiger partial charge is 0.495 e. The highest BCUT2D eigenvalue weighted by Gasteiger charge is 2.23. The first-order chi connectivity index (χ1) is 13.6. The summed E-state index contributed by atoms with van der Waals surface area (Å²) in [5.41, 5.74) is 1.60. The van der Waals surface area contributed by atoms with Crippen LogP contribution in [0, 0.1) is 0 Å². The standard InChI is InChI=1S/C21H25N3O4/c1-16(25)22-17-7-3-5-9-19(17)28-15-21(26)24-13-11-23(12-14-24)18-8-4-6-10-20(18)27-2/h3-10H,11-15H2,1-2H3,(H,22,25). The van der Waals surface area contributed by atoms with Crippen molar-refractivity contribution in [3.63, 3.8) is 0 Å². The van der Waals surface area contributed by atoms with E-state index in [1.807, 2.05) is 24.3 Å². The molecule has 1 fully saturated rings. The van der Waals surface area contributed by atoms with E-state index in [1.165, 1.54) is 6.92 Å². The summed E-state index contributed by atoms with van der Waals surface area (Å²) in [5.74, 6) is 1.06. The van der Waals surface area contributed by atoms with Gasteiger partial charge in [0.2, 0.25) is 5.91 Å². The number of nitrogens with one attached hydrogen (secondary N) is 1. The molecule has 0 radical (unpaired) electrons. The predicted molar refractivity (Wildman–Crippen MR) is 108 cm³/mol. The Morgan fingerprint density at radius 2 is 1.61 bits per heavy atom. The van der Waals surface area contributed by atoms with Gasteiger partial charge in [-0.2, -0.15) is 0 Å².